The Labute approximate surface area is 179 Å². The van der Waals surface area contributed by atoms with Gasteiger partial charge in [0.25, 0.3) is 0 Å². The van der Waals surface area contributed by atoms with Gasteiger partial charge >= 0.3 is 0 Å². The molecule has 29 heavy (non-hydrogen) atoms. The van der Waals surface area contributed by atoms with Crippen molar-refractivity contribution in [3.8, 4) is 0 Å². The second-order valence-corrected chi connectivity index (χ2v) is 11.0. The van der Waals surface area contributed by atoms with E-state index < -0.39 is 0 Å². The number of allylic oxidation sites excluding steroid dienone is 1. The lowest BCUT2D eigenvalue weighted by atomic mass is 9.93. The van der Waals surface area contributed by atoms with E-state index in [0.29, 0.717) is 16.7 Å². The number of rotatable bonds is 2. The minimum absolute atomic E-state index is 0.168. The van der Waals surface area contributed by atoms with Gasteiger partial charge in [0.1, 0.15) is 9.84 Å². The molecule has 2 N–H and O–H groups in total. The monoisotopic (exact) mass is 442 g/mol. The lowest BCUT2D eigenvalue weighted by molar-refractivity contribution is 0.256. The average Bonchev–Trinajstić information content (AvgIpc) is 3.39. The van der Waals surface area contributed by atoms with E-state index in [4.69, 9.17) is 10.5 Å². The van der Waals surface area contributed by atoms with Crippen LogP contribution in [-0.2, 0) is 4.74 Å². The molecular formula is C19H18N6OS3. The van der Waals surface area contributed by atoms with Crippen molar-refractivity contribution in [2.75, 3.05) is 11.5 Å². The van der Waals surface area contributed by atoms with Crippen molar-refractivity contribution in [1.82, 2.24) is 25.0 Å². The summed E-state index contributed by atoms with van der Waals surface area (Å²) in [6.07, 6.45) is 4.41. The maximum absolute atomic E-state index is 6.47. The molecule has 1 fully saturated rings. The van der Waals surface area contributed by atoms with Crippen molar-refractivity contribution in [2.24, 2.45) is 5.73 Å². The molecule has 1 aliphatic carbocycles. The Balaban J connectivity index is 1.46. The van der Waals surface area contributed by atoms with Crippen LogP contribution in [0.5, 0.6) is 0 Å². The van der Waals surface area contributed by atoms with Crippen molar-refractivity contribution in [1.29, 1.82) is 0 Å². The van der Waals surface area contributed by atoms with E-state index in [1.54, 1.807) is 4.52 Å². The Morgan fingerprint density at radius 2 is 1.90 bits per heavy atom. The summed E-state index contributed by atoms with van der Waals surface area (Å²) < 4.78 is 7.65. The molecule has 0 atom stereocenters. The van der Waals surface area contributed by atoms with Crippen LogP contribution in [-0.4, -0.2) is 40.6 Å². The van der Waals surface area contributed by atoms with Crippen LogP contribution in [0.4, 0.5) is 0 Å². The Hall–Kier alpha value is -1.91. The van der Waals surface area contributed by atoms with E-state index in [2.05, 4.69) is 20.5 Å². The maximum atomic E-state index is 6.47. The highest BCUT2D eigenvalue weighted by molar-refractivity contribution is 8.23. The second-order valence-electron chi connectivity index (χ2n) is 7.14. The van der Waals surface area contributed by atoms with Crippen LogP contribution < -0.4 is 5.73 Å². The fourth-order valence-corrected chi connectivity index (χ4v) is 8.96. The van der Waals surface area contributed by atoms with Gasteiger partial charge in [-0.15, -0.1) is 38.8 Å². The predicted molar refractivity (Wildman–Crippen MR) is 117 cm³/mol. The zero-order valence-corrected chi connectivity index (χ0v) is 17.9. The molecule has 1 spiro atoms. The lowest BCUT2D eigenvalue weighted by Gasteiger charge is -2.39. The quantitative estimate of drug-likeness (QED) is 0.634. The number of nitrogens with two attached hydrogens (primary N) is 1. The van der Waals surface area contributed by atoms with E-state index in [-0.39, 0.29) is 4.08 Å². The van der Waals surface area contributed by atoms with Gasteiger partial charge < -0.3 is 10.5 Å². The molecular weight excluding hydrogens is 424 g/mol. The van der Waals surface area contributed by atoms with Crippen molar-refractivity contribution in [3.05, 3.63) is 46.4 Å². The first-order valence-electron chi connectivity index (χ1n) is 9.59. The Kier molecular flexibility index (Phi) is 4.21. The minimum atomic E-state index is -0.168. The largest absolute Gasteiger partial charge is 0.445 e. The molecule has 1 aromatic carbocycles. The van der Waals surface area contributed by atoms with Gasteiger partial charge in [-0.05, 0) is 48.7 Å². The Bertz CT molecular complexity index is 1200. The van der Waals surface area contributed by atoms with Crippen LogP contribution in [0.15, 0.2) is 51.5 Å². The van der Waals surface area contributed by atoms with Gasteiger partial charge in [-0.1, -0.05) is 17.3 Å². The third kappa shape index (κ3) is 2.69. The van der Waals surface area contributed by atoms with E-state index in [1.807, 2.05) is 47.8 Å². The molecule has 3 aromatic rings. The van der Waals surface area contributed by atoms with E-state index in [9.17, 15) is 0 Å². The highest BCUT2D eigenvalue weighted by Crippen LogP contribution is 2.62. The van der Waals surface area contributed by atoms with Gasteiger partial charge in [0.15, 0.2) is 5.65 Å². The van der Waals surface area contributed by atoms with Crippen molar-refractivity contribution in [3.63, 3.8) is 0 Å². The summed E-state index contributed by atoms with van der Waals surface area (Å²) in [4.78, 5) is 1.01. The molecule has 0 saturated carbocycles. The second kappa shape index (κ2) is 6.82. The number of fused-ring (bicyclic) bond motifs is 4. The number of nitrogens with zero attached hydrogens (tertiary/aromatic N) is 5. The Morgan fingerprint density at radius 3 is 2.79 bits per heavy atom. The number of aromatic nitrogens is 5. The summed E-state index contributed by atoms with van der Waals surface area (Å²) in [5.41, 5.74) is 9.38. The molecule has 0 amide bonds. The Morgan fingerprint density at radius 1 is 1.07 bits per heavy atom. The van der Waals surface area contributed by atoms with E-state index in [1.165, 1.54) is 23.8 Å². The molecule has 0 unspecified atom stereocenters. The van der Waals surface area contributed by atoms with Gasteiger partial charge in [-0.25, -0.2) is 0 Å². The van der Waals surface area contributed by atoms with Crippen molar-refractivity contribution in [2.45, 2.75) is 34.9 Å². The highest BCUT2D eigenvalue weighted by Gasteiger charge is 2.50. The van der Waals surface area contributed by atoms with Gasteiger partial charge in [-0.3, -0.25) is 0 Å². The van der Waals surface area contributed by atoms with Gasteiger partial charge in [-0.2, -0.15) is 4.52 Å². The average molecular weight is 443 g/mol. The summed E-state index contributed by atoms with van der Waals surface area (Å²) in [6.45, 7) is 0. The summed E-state index contributed by atoms with van der Waals surface area (Å²) in [5, 5.41) is 19.1. The standard InChI is InChI=1S/C19H18N6OS3/c20-16-15(19(27-9-10-28-19)12-6-2-4-8-14(12)26-16)29-18-23-22-17-11-5-1-3-7-13(11)21-24-25(17)18/h1,3,5,7H,2,4,6,8-10,20H2. The third-order valence-corrected chi connectivity index (χ3v) is 10.4. The zero-order chi connectivity index (χ0) is 19.4. The fraction of sp³-hybridized carbons (Fsp3) is 0.368. The number of benzene rings is 1. The van der Waals surface area contributed by atoms with Crippen LogP contribution in [0, 0.1) is 0 Å². The van der Waals surface area contributed by atoms with Crippen LogP contribution in [0.1, 0.15) is 25.7 Å². The highest BCUT2D eigenvalue weighted by atomic mass is 32.2. The topological polar surface area (TPSA) is 91.2 Å². The molecule has 7 nitrogen and oxygen atoms in total. The molecule has 148 valence electrons. The third-order valence-electron chi connectivity index (χ3n) is 5.46. The number of hydrogen-bond acceptors (Lipinski definition) is 9. The van der Waals surface area contributed by atoms with Gasteiger partial charge in [0.2, 0.25) is 11.0 Å². The SMILES string of the molecule is NC1=C(Sc2nnc3c4ccccc4nnn23)C2(SCCS2)C2=C(CCCC2)O1. The normalized spacial score (nSPS) is 21.2. The van der Waals surface area contributed by atoms with E-state index >= 15 is 0 Å². The summed E-state index contributed by atoms with van der Waals surface area (Å²) >= 11 is 5.44. The van der Waals surface area contributed by atoms with Gasteiger partial charge in [0, 0.05) is 23.3 Å². The minimum Gasteiger partial charge on any atom is -0.445 e. The number of hydrogen-bond donors (Lipinski definition) is 1. The molecule has 4 heterocycles. The molecule has 6 rings (SSSR count). The molecule has 3 aliphatic rings. The van der Waals surface area contributed by atoms with E-state index in [0.717, 1.165) is 52.3 Å². The smallest absolute Gasteiger partial charge is 0.218 e. The molecule has 2 aliphatic heterocycles. The van der Waals surface area contributed by atoms with Crippen LogP contribution in [0.3, 0.4) is 0 Å². The first kappa shape index (κ1) is 17.9. The lowest BCUT2D eigenvalue weighted by Crippen LogP contribution is -2.33. The van der Waals surface area contributed by atoms with Crippen molar-refractivity contribution < 1.29 is 4.74 Å². The zero-order valence-electron chi connectivity index (χ0n) is 15.5. The molecule has 2 aromatic heterocycles. The molecule has 0 radical (unpaired) electrons. The maximum Gasteiger partial charge on any atom is 0.218 e. The summed E-state index contributed by atoms with van der Waals surface area (Å²) in [7, 11) is 0. The van der Waals surface area contributed by atoms with Gasteiger partial charge in [0.05, 0.1) is 10.4 Å². The van der Waals surface area contributed by atoms with Crippen LogP contribution in [0.25, 0.3) is 16.6 Å². The fourth-order valence-electron chi connectivity index (χ4n) is 4.16. The first-order valence-corrected chi connectivity index (χ1v) is 12.4. The summed E-state index contributed by atoms with van der Waals surface area (Å²) in [5.74, 6) is 3.77. The number of thioether (sulfide) groups is 3. The molecule has 10 heteroatoms. The van der Waals surface area contributed by atoms with Crippen molar-refractivity contribution >= 4 is 51.8 Å². The summed E-state index contributed by atoms with van der Waals surface area (Å²) in [6, 6.07) is 7.83. The molecule has 0 bridgehead atoms. The van der Waals surface area contributed by atoms with Crippen LogP contribution >= 0.6 is 35.3 Å². The predicted octanol–water partition coefficient (Wildman–Crippen LogP) is 3.93. The number of ether oxygens (including phenoxy) is 1. The van der Waals surface area contributed by atoms with Crippen LogP contribution in [0.2, 0.25) is 0 Å². The molecule has 1 saturated heterocycles. The first-order chi connectivity index (χ1) is 14.3.